The van der Waals surface area contributed by atoms with Crippen molar-refractivity contribution in [2.45, 2.75) is 18.6 Å². The third-order valence-electron chi connectivity index (χ3n) is 3.87. The topological polar surface area (TPSA) is 86.5 Å². The van der Waals surface area contributed by atoms with E-state index in [-0.39, 0.29) is 4.91 Å². The summed E-state index contributed by atoms with van der Waals surface area (Å²) in [6, 6.07) is 9.20. The average Bonchev–Trinajstić information content (AvgIpc) is 3.36. The van der Waals surface area contributed by atoms with Gasteiger partial charge in [0.1, 0.15) is 16.4 Å². The summed E-state index contributed by atoms with van der Waals surface area (Å²) in [4.78, 5) is 12.7. The van der Waals surface area contributed by atoms with Crippen LogP contribution in [0.5, 0.6) is 11.5 Å². The molecule has 2 aromatic heterocycles. The van der Waals surface area contributed by atoms with Crippen molar-refractivity contribution in [3.63, 3.8) is 0 Å². The number of nitrogens with zero attached hydrogens (tertiary/aromatic N) is 3. The third kappa shape index (κ3) is 4.37. The van der Waals surface area contributed by atoms with Gasteiger partial charge in [0.05, 0.1) is 14.2 Å². The van der Waals surface area contributed by atoms with E-state index in [0.717, 1.165) is 22.2 Å². The number of carbonyl (C=O) groups is 1. The lowest BCUT2D eigenvalue weighted by Crippen LogP contribution is -2.03. The molecule has 9 heteroatoms. The van der Waals surface area contributed by atoms with Crippen molar-refractivity contribution in [3.05, 3.63) is 45.5 Å². The molecule has 0 amide bonds. The number of methoxy groups -OCH3 is 2. The number of carboxylic acid groups (broad SMARTS) is 1. The molecule has 0 fully saturated rings. The minimum atomic E-state index is -1.01. The van der Waals surface area contributed by atoms with Gasteiger partial charge >= 0.3 is 5.97 Å². The lowest BCUT2D eigenvalue weighted by Gasteiger charge is -2.10. The zero-order valence-corrected chi connectivity index (χ0v) is 17.2. The van der Waals surface area contributed by atoms with Gasteiger partial charge in [0.2, 0.25) is 0 Å². The smallest absolute Gasteiger partial charge is 0.342 e. The highest BCUT2D eigenvalue weighted by Crippen LogP contribution is 2.33. The number of ether oxygens (including phenoxy) is 2. The Hall–Kier alpha value is -2.78. The Bertz CT molecular complexity index is 975. The second kappa shape index (κ2) is 8.94. The standard InChI is InChI=1S/C19H19N3O4S2/c1-4-22-17(12-8-13(25-2)10-14(9-12)26-3)20-21-19(22)28-16(18(23)24)11-15-6-5-7-27-15/h5-11H,4H2,1-3H3,(H,23,24)/b16-11-. The van der Waals surface area contributed by atoms with E-state index in [0.29, 0.717) is 29.0 Å². The number of carboxylic acids is 1. The van der Waals surface area contributed by atoms with E-state index in [9.17, 15) is 9.90 Å². The first-order valence-corrected chi connectivity index (χ1v) is 10.1. The zero-order chi connectivity index (χ0) is 20.1. The maximum Gasteiger partial charge on any atom is 0.342 e. The molecule has 7 nitrogen and oxygen atoms in total. The zero-order valence-electron chi connectivity index (χ0n) is 15.6. The first-order chi connectivity index (χ1) is 13.5. The fourth-order valence-corrected chi connectivity index (χ4v) is 4.14. The van der Waals surface area contributed by atoms with Gasteiger partial charge in [0.25, 0.3) is 0 Å². The molecule has 0 saturated heterocycles. The van der Waals surface area contributed by atoms with Crippen LogP contribution >= 0.6 is 23.1 Å². The molecule has 0 saturated carbocycles. The molecule has 1 N–H and O–H groups in total. The highest BCUT2D eigenvalue weighted by molar-refractivity contribution is 8.04. The average molecular weight is 418 g/mol. The molecule has 3 rings (SSSR count). The van der Waals surface area contributed by atoms with Crippen molar-refractivity contribution >= 4 is 35.1 Å². The van der Waals surface area contributed by atoms with Crippen LogP contribution in [0.3, 0.4) is 0 Å². The van der Waals surface area contributed by atoms with Crippen LogP contribution in [0.2, 0.25) is 0 Å². The van der Waals surface area contributed by atoms with E-state index in [1.807, 2.05) is 41.1 Å². The fraction of sp³-hybridized carbons (Fsp3) is 0.211. The summed E-state index contributed by atoms with van der Waals surface area (Å²) in [6.45, 7) is 2.54. The Morgan fingerprint density at radius 1 is 1.25 bits per heavy atom. The highest BCUT2D eigenvalue weighted by atomic mass is 32.2. The monoisotopic (exact) mass is 417 g/mol. The molecule has 0 aliphatic carbocycles. The molecule has 146 valence electrons. The summed E-state index contributed by atoms with van der Waals surface area (Å²) in [5, 5.41) is 20.5. The molecule has 0 unspecified atom stereocenters. The van der Waals surface area contributed by atoms with Gasteiger partial charge in [-0.1, -0.05) is 6.07 Å². The van der Waals surface area contributed by atoms with Crippen LogP contribution in [-0.4, -0.2) is 40.1 Å². The minimum absolute atomic E-state index is 0.180. The van der Waals surface area contributed by atoms with Crippen LogP contribution in [0.1, 0.15) is 11.8 Å². The predicted octanol–water partition coefficient (Wildman–Crippen LogP) is 4.26. The largest absolute Gasteiger partial charge is 0.497 e. The Morgan fingerprint density at radius 2 is 1.96 bits per heavy atom. The first-order valence-electron chi connectivity index (χ1n) is 8.38. The molecule has 0 radical (unpaired) electrons. The van der Waals surface area contributed by atoms with Crippen molar-refractivity contribution in [1.82, 2.24) is 14.8 Å². The summed E-state index contributed by atoms with van der Waals surface area (Å²) < 4.78 is 12.5. The maximum atomic E-state index is 11.7. The van der Waals surface area contributed by atoms with E-state index in [2.05, 4.69) is 10.2 Å². The van der Waals surface area contributed by atoms with Crippen LogP contribution in [0.15, 0.2) is 45.8 Å². The van der Waals surface area contributed by atoms with Gasteiger partial charge < -0.3 is 19.1 Å². The lowest BCUT2D eigenvalue weighted by atomic mass is 10.2. The summed E-state index contributed by atoms with van der Waals surface area (Å²) in [7, 11) is 3.16. The number of thioether (sulfide) groups is 1. The van der Waals surface area contributed by atoms with E-state index in [4.69, 9.17) is 9.47 Å². The van der Waals surface area contributed by atoms with Crippen LogP contribution in [0.25, 0.3) is 17.5 Å². The first kappa shape index (κ1) is 20.0. The second-order valence-electron chi connectivity index (χ2n) is 5.58. The number of aromatic nitrogens is 3. The SMILES string of the molecule is CCn1c(S/C(=C\c2cccs2)C(=O)O)nnc1-c1cc(OC)cc(OC)c1. The van der Waals surface area contributed by atoms with Gasteiger partial charge in [0.15, 0.2) is 11.0 Å². The lowest BCUT2D eigenvalue weighted by molar-refractivity contribution is -0.131. The third-order valence-corrected chi connectivity index (χ3v) is 5.69. The number of rotatable bonds is 8. The normalized spacial score (nSPS) is 11.5. The van der Waals surface area contributed by atoms with Gasteiger partial charge in [-0.05, 0) is 48.3 Å². The van der Waals surface area contributed by atoms with Crippen LogP contribution < -0.4 is 9.47 Å². The Kier molecular flexibility index (Phi) is 6.37. The second-order valence-corrected chi connectivity index (χ2v) is 7.57. The molecular weight excluding hydrogens is 398 g/mol. The Labute approximate surface area is 170 Å². The molecule has 0 atom stereocenters. The molecule has 2 heterocycles. The molecule has 3 aromatic rings. The Balaban J connectivity index is 1.99. The molecular formula is C19H19N3O4S2. The number of hydrogen-bond acceptors (Lipinski definition) is 7. The van der Waals surface area contributed by atoms with Crippen LogP contribution in [0, 0.1) is 0 Å². The number of benzene rings is 1. The number of hydrogen-bond donors (Lipinski definition) is 1. The molecule has 0 spiro atoms. The van der Waals surface area contributed by atoms with Crippen LogP contribution in [-0.2, 0) is 11.3 Å². The van der Waals surface area contributed by atoms with Crippen molar-refractivity contribution in [2.75, 3.05) is 14.2 Å². The minimum Gasteiger partial charge on any atom is -0.497 e. The molecule has 28 heavy (non-hydrogen) atoms. The van der Waals surface area contributed by atoms with Crippen LogP contribution in [0.4, 0.5) is 0 Å². The molecule has 0 bridgehead atoms. The quantitative estimate of drug-likeness (QED) is 0.433. The van der Waals surface area contributed by atoms with Crippen molar-refractivity contribution < 1.29 is 19.4 Å². The van der Waals surface area contributed by atoms with E-state index in [1.54, 1.807) is 26.4 Å². The summed E-state index contributed by atoms with van der Waals surface area (Å²) in [6.07, 6.45) is 1.64. The van der Waals surface area contributed by atoms with Crippen molar-refractivity contribution in [1.29, 1.82) is 0 Å². The maximum absolute atomic E-state index is 11.7. The Morgan fingerprint density at radius 3 is 2.50 bits per heavy atom. The summed E-state index contributed by atoms with van der Waals surface area (Å²) in [5.74, 6) is 0.882. The highest BCUT2D eigenvalue weighted by Gasteiger charge is 2.19. The van der Waals surface area contributed by atoms with Gasteiger partial charge in [-0.3, -0.25) is 0 Å². The van der Waals surface area contributed by atoms with Crippen molar-refractivity contribution in [2.24, 2.45) is 0 Å². The summed E-state index contributed by atoms with van der Waals surface area (Å²) >= 11 is 2.55. The van der Waals surface area contributed by atoms with E-state index < -0.39 is 5.97 Å². The molecule has 0 aliphatic heterocycles. The number of thiophene rings is 1. The van der Waals surface area contributed by atoms with Gasteiger partial charge in [-0.25, -0.2) is 4.79 Å². The molecule has 0 aliphatic rings. The van der Waals surface area contributed by atoms with E-state index >= 15 is 0 Å². The molecule has 1 aromatic carbocycles. The van der Waals surface area contributed by atoms with E-state index in [1.165, 1.54) is 11.3 Å². The van der Waals surface area contributed by atoms with Gasteiger partial charge in [0, 0.05) is 23.1 Å². The summed E-state index contributed by atoms with van der Waals surface area (Å²) in [5.41, 5.74) is 0.775. The number of aliphatic carboxylic acids is 1. The fourth-order valence-electron chi connectivity index (χ4n) is 2.54. The van der Waals surface area contributed by atoms with Gasteiger partial charge in [-0.2, -0.15) is 0 Å². The van der Waals surface area contributed by atoms with Crippen molar-refractivity contribution in [3.8, 4) is 22.9 Å². The van der Waals surface area contributed by atoms with Gasteiger partial charge in [-0.15, -0.1) is 21.5 Å². The predicted molar refractivity (Wildman–Crippen MR) is 110 cm³/mol.